The molecule has 1 aliphatic rings. The third-order valence-electron chi connectivity index (χ3n) is 3.72. The van der Waals surface area contributed by atoms with Crippen molar-refractivity contribution in [3.8, 4) is 5.75 Å². The molecule has 0 bridgehead atoms. The van der Waals surface area contributed by atoms with Crippen LogP contribution in [0.5, 0.6) is 5.75 Å². The van der Waals surface area contributed by atoms with E-state index in [9.17, 15) is 4.79 Å². The van der Waals surface area contributed by atoms with Gasteiger partial charge in [-0.15, -0.1) is 0 Å². The molecule has 132 valence electrons. The quantitative estimate of drug-likeness (QED) is 0.673. The Morgan fingerprint density at radius 1 is 1.31 bits per heavy atom. The van der Waals surface area contributed by atoms with E-state index in [1.807, 2.05) is 36.4 Å². The average molecular weight is 402 g/mol. The minimum atomic E-state index is -0.0804. The first-order valence-corrected chi connectivity index (χ1v) is 10.7. The maximum Gasteiger partial charge on any atom is 0.236 e. The summed E-state index contributed by atoms with van der Waals surface area (Å²) in [6, 6.07) is 13.8. The highest BCUT2D eigenvalue weighted by Gasteiger charge is 2.15. The lowest BCUT2D eigenvalue weighted by molar-refractivity contribution is -0.113. The normalized spacial score (nSPS) is 13.2. The molecule has 0 spiro atoms. The molecule has 4 rings (SSSR count). The number of carbonyl (C=O) groups is 1. The number of ether oxygens (including phenoxy) is 1. The number of anilines is 1. The van der Waals surface area contributed by atoms with Crippen LogP contribution >= 0.6 is 34.9 Å². The molecule has 0 aliphatic carbocycles. The van der Waals surface area contributed by atoms with Crippen molar-refractivity contribution >= 4 is 66.2 Å². The number of hydrogen-bond acceptors (Lipinski definition) is 7. The monoisotopic (exact) mass is 401 g/mol. The van der Waals surface area contributed by atoms with Crippen molar-refractivity contribution in [2.75, 3.05) is 18.2 Å². The number of aliphatic imine (C=N–C) groups is 1. The van der Waals surface area contributed by atoms with E-state index in [2.05, 4.69) is 21.4 Å². The van der Waals surface area contributed by atoms with Crippen LogP contribution in [0.25, 0.3) is 10.2 Å². The first-order valence-electron chi connectivity index (χ1n) is 7.88. The standard InChI is InChI=1S/C18H15N3O2S3/c1-23-12-6-7-14-15(8-12)26-17(19-14)21-16(22)10-25-18-20-13-5-3-2-4-11(13)9-24-18/h2-8H,9-10H2,1H3,(H,19,21,22). The van der Waals surface area contributed by atoms with Gasteiger partial charge in [-0.25, -0.2) is 9.98 Å². The molecule has 1 aromatic heterocycles. The SMILES string of the molecule is COc1ccc2nc(NC(=O)CSC3=Nc4ccccc4CS3)sc2c1. The molecule has 1 amide bonds. The number of rotatable bonds is 4. The van der Waals surface area contributed by atoms with Gasteiger partial charge in [-0.1, -0.05) is 53.1 Å². The van der Waals surface area contributed by atoms with E-state index in [1.54, 1.807) is 18.9 Å². The van der Waals surface area contributed by atoms with Gasteiger partial charge in [-0.3, -0.25) is 4.79 Å². The van der Waals surface area contributed by atoms with Gasteiger partial charge >= 0.3 is 0 Å². The van der Waals surface area contributed by atoms with Crippen LogP contribution in [0.4, 0.5) is 10.8 Å². The number of aromatic nitrogens is 1. The van der Waals surface area contributed by atoms with Gasteiger partial charge in [0.25, 0.3) is 0 Å². The molecule has 0 atom stereocenters. The van der Waals surface area contributed by atoms with Crippen molar-refractivity contribution in [1.29, 1.82) is 0 Å². The molecule has 0 saturated carbocycles. The van der Waals surface area contributed by atoms with Gasteiger partial charge in [-0.05, 0) is 29.8 Å². The van der Waals surface area contributed by atoms with Crippen molar-refractivity contribution in [3.63, 3.8) is 0 Å². The van der Waals surface area contributed by atoms with E-state index in [4.69, 9.17) is 4.74 Å². The summed E-state index contributed by atoms with van der Waals surface area (Å²) in [4.78, 5) is 21.3. The van der Waals surface area contributed by atoms with Crippen LogP contribution in [0.15, 0.2) is 47.5 Å². The number of hydrogen-bond donors (Lipinski definition) is 1. The number of methoxy groups -OCH3 is 1. The fraction of sp³-hybridized carbons (Fsp3) is 0.167. The van der Waals surface area contributed by atoms with Gasteiger partial charge in [0, 0.05) is 5.75 Å². The second-order valence-electron chi connectivity index (χ2n) is 5.48. The van der Waals surface area contributed by atoms with Crippen molar-refractivity contribution in [2.24, 2.45) is 4.99 Å². The van der Waals surface area contributed by atoms with E-state index in [-0.39, 0.29) is 5.91 Å². The van der Waals surface area contributed by atoms with Crippen LogP contribution < -0.4 is 10.1 Å². The molecule has 1 aliphatic heterocycles. The zero-order valence-corrected chi connectivity index (χ0v) is 16.3. The van der Waals surface area contributed by atoms with Crippen molar-refractivity contribution in [2.45, 2.75) is 5.75 Å². The van der Waals surface area contributed by atoms with Crippen LogP contribution in [0, 0.1) is 0 Å². The molecular weight excluding hydrogens is 386 g/mol. The summed E-state index contributed by atoms with van der Waals surface area (Å²) in [6.07, 6.45) is 0. The van der Waals surface area contributed by atoms with Crippen molar-refractivity contribution in [1.82, 2.24) is 4.98 Å². The number of nitrogens with zero attached hydrogens (tertiary/aromatic N) is 2. The third kappa shape index (κ3) is 3.87. The first-order chi connectivity index (χ1) is 12.7. The third-order valence-corrected chi connectivity index (χ3v) is 6.90. The molecule has 1 N–H and O–H groups in total. The Labute approximate surface area is 163 Å². The lowest BCUT2D eigenvalue weighted by atomic mass is 10.2. The maximum absolute atomic E-state index is 12.2. The summed E-state index contributed by atoms with van der Waals surface area (Å²) < 4.78 is 7.12. The minimum Gasteiger partial charge on any atom is -0.497 e. The second kappa shape index (κ2) is 7.69. The molecule has 8 heteroatoms. The predicted octanol–water partition coefficient (Wildman–Crippen LogP) is 4.91. The van der Waals surface area contributed by atoms with E-state index in [0.717, 1.165) is 31.8 Å². The highest BCUT2D eigenvalue weighted by molar-refractivity contribution is 8.38. The summed E-state index contributed by atoms with van der Waals surface area (Å²) in [7, 11) is 1.63. The van der Waals surface area contributed by atoms with Gasteiger partial charge in [0.1, 0.15) is 10.1 Å². The first kappa shape index (κ1) is 17.4. The molecule has 0 saturated heterocycles. The van der Waals surface area contributed by atoms with Gasteiger partial charge in [0.15, 0.2) is 5.13 Å². The largest absolute Gasteiger partial charge is 0.497 e. The van der Waals surface area contributed by atoms with Crippen LogP contribution in [-0.4, -0.2) is 28.1 Å². The lowest BCUT2D eigenvalue weighted by Gasteiger charge is -2.13. The second-order valence-corrected chi connectivity index (χ2v) is 8.70. The number of benzene rings is 2. The fourth-order valence-electron chi connectivity index (χ4n) is 2.45. The molecule has 2 heterocycles. The number of para-hydroxylation sites is 1. The molecule has 3 aromatic rings. The summed E-state index contributed by atoms with van der Waals surface area (Å²) in [5.74, 6) is 1.90. The highest BCUT2D eigenvalue weighted by Crippen LogP contribution is 2.34. The molecule has 26 heavy (non-hydrogen) atoms. The highest BCUT2D eigenvalue weighted by atomic mass is 32.2. The predicted molar refractivity (Wildman–Crippen MR) is 112 cm³/mol. The molecular formula is C18H15N3O2S3. The van der Waals surface area contributed by atoms with Crippen molar-refractivity contribution < 1.29 is 9.53 Å². The molecule has 0 unspecified atom stereocenters. The summed E-state index contributed by atoms with van der Waals surface area (Å²) in [5.41, 5.74) is 3.08. The average Bonchev–Trinajstić information content (AvgIpc) is 3.07. The number of nitrogens with one attached hydrogen (secondary N) is 1. The van der Waals surface area contributed by atoms with Crippen molar-refractivity contribution in [3.05, 3.63) is 48.0 Å². The molecule has 0 fully saturated rings. The number of carbonyl (C=O) groups excluding carboxylic acids is 1. The Morgan fingerprint density at radius 2 is 2.19 bits per heavy atom. The van der Waals surface area contributed by atoms with Gasteiger partial charge in [0.2, 0.25) is 5.91 Å². The number of thiazole rings is 1. The van der Waals surface area contributed by atoms with Gasteiger partial charge in [-0.2, -0.15) is 0 Å². The Balaban J connectivity index is 1.38. The number of fused-ring (bicyclic) bond motifs is 2. The molecule has 0 radical (unpaired) electrons. The van der Waals surface area contributed by atoms with Gasteiger partial charge < -0.3 is 10.1 Å². The van der Waals surface area contributed by atoms with E-state index in [1.165, 1.54) is 28.7 Å². The summed E-state index contributed by atoms with van der Waals surface area (Å²) in [6.45, 7) is 0. The number of amides is 1. The Hall–Kier alpha value is -2.03. The zero-order valence-electron chi connectivity index (χ0n) is 13.9. The molecule has 2 aromatic carbocycles. The van der Waals surface area contributed by atoms with E-state index >= 15 is 0 Å². The Kier molecular flexibility index (Phi) is 5.14. The smallest absolute Gasteiger partial charge is 0.236 e. The lowest BCUT2D eigenvalue weighted by Crippen LogP contribution is -2.15. The van der Waals surface area contributed by atoms with Crippen LogP contribution in [-0.2, 0) is 10.5 Å². The Morgan fingerprint density at radius 3 is 3.08 bits per heavy atom. The summed E-state index contributed by atoms with van der Waals surface area (Å²) >= 11 is 4.57. The summed E-state index contributed by atoms with van der Waals surface area (Å²) in [5, 5.41) is 3.47. The van der Waals surface area contributed by atoms with Gasteiger partial charge in [0.05, 0.1) is 28.8 Å². The fourth-order valence-corrected chi connectivity index (χ4v) is 5.23. The topological polar surface area (TPSA) is 63.6 Å². The van der Waals surface area contributed by atoms with Crippen LogP contribution in [0.3, 0.4) is 0 Å². The van der Waals surface area contributed by atoms with E-state index in [0.29, 0.717) is 10.9 Å². The Bertz CT molecular complexity index is 1000. The van der Waals surface area contributed by atoms with E-state index < -0.39 is 0 Å². The maximum atomic E-state index is 12.2. The van der Waals surface area contributed by atoms with Crippen LogP contribution in [0.1, 0.15) is 5.56 Å². The molecule has 5 nitrogen and oxygen atoms in total. The number of thioether (sulfide) groups is 2. The minimum absolute atomic E-state index is 0.0804. The zero-order chi connectivity index (χ0) is 17.9. The van der Waals surface area contributed by atoms with Crippen LogP contribution in [0.2, 0.25) is 0 Å².